The number of rotatable bonds is 8. The van der Waals surface area contributed by atoms with Gasteiger partial charge in [0.2, 0.25) is 0 Å². The molecule has 0 radical (unpaired) electrons. The fourth-order valence-corrected chi connectivity index (χ4v) is 3.55. The van der Waals surface area contributed by atoms with Crippen LogP contribution in [0.5, 0.6) is 5.75 Å². The van der Waals surface area contributed by atoms with Crippen LogP contribution in [0, 0.1) is 11.3 Å². The van der Waals surface area contributed by atoms with E-state index in [9.17, 15) is 20.0 Å². The number of piperidine rings is 1. The highest BCUT2D eigenvalue weighted by Crippen LogP contribution is 2.30. The molecule has 3 N–H and O–H groups in total. The van der Waals surface area contributed by atoms with Crippen LogP contribution >= 0.6 is 11.6 Å². The van der Waals surface area contributed by atoms with E-state index in [1.165, 1.54) is 0 Å². The molecule has 180 valence electrons. The maximum absolute atomic E-state index is 9.67. The number of aliphatic carboxylic acids is 2. The van der Waals surface area contributed by atoms with E-state index in [1.54, 1.807) is 18.2 Å². The molecule has 0 saturated carbocycles. The van der Waals surface area contributed by atoms with E-state index in [2.05, 4.69) is 11.0 Å². The molecule has 0 aromatic heterocycles. The van der Waals surface area contributed by atoms with Crippen molar-refractivity contribution in [3.63, 3.8) is 0 Å². The normalized spacial score (nSPS) is 15.1. The Morgan fingerprint density at radius 3 is 2.29 bits per heavy atom. The molecule has 2 aromatic carbocycles. The van der Waals surface area contributed by atoms with Crippen LogP contribution in [0.2, 0.25) is 5.02 Å². The summed E-state index contributed by atoms with van der Waals surface area (Å²) >= 11 is 6.09. The number of carboxylic acids is 2. The summed E-state index contributed by atoms with van der Waals surface area (Å²) in [7, 11) is 0. The van der Waals surface area contributed by atoms with Gasteiger partial charge in [0.15, 0.2) is 0 Å². The average molecular weight is 487 g/mol. The smallest absolute Gasteiger partial charge is 0.328 e. The van der Waals surface area contributed by atoms with Crippen LogP contribution in [-0.4, -0.2) is 57.9 Å². The number of aliphatic hydroxyl groups excluding tert-OH is 1. The summed E-state index contributed by atoms with van der Waals surface area (Å²) in [6.07, 6.45) is 3.24. The molecule has 1 fully saturated rings. The Bertz CT molecular complexity index is 998. The van der Waals surface area contributed by atoms with Gasteiger partial charge in [-0.1, -0.05) is 41.9 Å². The zero-order chi connectivity index (χ0) is 24.9. The van der Waals surface area contributed by atoms with Gasteiger partial charge in [-0.15, -0.1) is 0 Å². The first-order chi connectivity index (χ1) is 16.3. The first kappa shape index (κ1) is 26.9. The molecule has 0 aliphatic carbocycles. The van der Waals surface area contributed by atoms with Crippen molar-refractivity contribution in [1.29, 1.82) is 5.26 Å². The Hall–Kier alpha value is -3.38. The molecule has 0 spiro atoms. The lowest BCUT2D eigenvalue weighted by atomic mass is 10.0. The maximum Gasteiger partial charge on any atom is 0.328 e. The fraction of sp³-hybridized carbons (Fsp3) is 0.320. The number of nitriles is 1. The second kappa shape index (κ2) is 14.0. The highest BCUT2D eigenvalue weighted by Gasteiger charge is 2.20. The SMILES string of the molecule is N#Cc1ccc(Cl)cc1O[C@H](CCN1CCC(O)CC1)c1ccccc1.O=C(O)C=CC(=O)O. The third-order valence-corrected chi connectivity index (χ3v) is 5.37. The molecule has 1 aliphatic rings. The lowest BCUT2D eigenvalue weighted by molar-refractivity contribution is -0.134. The number of carboxylic acid groups (broad SMARTS) is 2. The zero-order valence-corrected chi connectivity index (χ0v) is 19.3. The predicted molar refractivity (Wildman–Crippen MR) is 127 cm³/mol. The first-order valence-electron chi connectivity index (χ1n) is 10.7. The van der Waals surface area contributed by atoms with Crippen LogP contribution in [0.1, 0.15) is 36.5 Å². The van der Waals surface area contributed by atoms with Gasteiger partial charge in [0.05, 0.1) is 11.7 Å². The summed E-state index contributed by atoms with van der Waals surface area (Å²) in [5, 5.41) is 35.2. The summed E-state index contributed by atoms with van der Waals surface area (Å²) in [6.45, 7) is 2.70. The van der Waals surface area contributed by atoms with Crippen molar-refractivity contribution >= 4 is 23.5 Å². The van der Waals surface area contributed by atoms with Gasteiger partial charge in [-0.2, -0.15) is 5.26 Å². The molecule has 3 rings (SSSR count). The molecule has 34 heavy (non-hydrogen) atoms. The monoisotopic (exact) mass is 486 g/mol. The summed E-state index contributed by atoms with van der Waals surface area (Å²) < 4.78 is 6.23. The number of likely N-dealkylation sites (tertiary alicyclic amines) is 1. The van der Waals surface area contributed by atoms with Gasteiger partial charge in [0.1, 0.15) is 17.9 Å². The molecular formula is C25H27ClN2O6. The quantitative estimate of drug-likeness (QED) is 0.479. The fourth-order valence-electron chi connectivity index (χ4n) is 3.39. The van der Waals surface area contributed by atoms with Gasteiger partial charge >= 0.3 is 11.9 Å². The highest BCUT2D eigenvalue weighted by molar-refractivity contribution is 6.30. The van der Waals surface area contributed by atoms with E-state index >= 15 is 0 Å². The topological polar surface area (TPSA) is 131 Å². The van der Waals surface area contributed by atoms with Crippen LogP contribution in [0.4, 0.5) is 0 Å². The van der Waals surface area contributed by atoms with Gasteiger partial charge in [-0.25, -0.2) is 9.59 Å². The largest absolute Gasteiger partial charge is 0.484 e. The van der Waals surface area contributed by atoms with Crippen LogP contribution in [-0.2, 0) is 9.59 Å². The minimum Gasteiger partial charge on any atom is -0.484 e. The number of aliphatic hydroxyl groups is 1. The molecule has 2 aromatic rings. The Kier molecular flexibility index (Phi) is 11.1. The van der Waals surface area contributed by atoms with Crippen LogP contribution in [0.3, 0.4) is 0 Å². The molecule has 1 aliphatic heterocycles. The summed E-state index contributed by atoms with van der Waals surface area (Å²) in [4.78, 5) is 21.5. The van der Waals surface area contributed by atoms with Crippen LogP contribution < -0.4 is 4.74 Å². The Balaban J connectivity index is 0.000000440. The zero-order valence-electron chi connectivity index (χ0n) is 18.5. The number of hydrogen-bond donors (Lipinski definition) is 3. The molecule has 9 heteroatoms. The van der Waals surface area contributed by atoms with E-state index in [0.717, 1.165) is 44.5 Å². The summed E-state index contributed by atoms with van der Waals surface area (Å²) in [5.74, 6) is -2.00. The van der Waals surface area contributed by atoms with Crippen molar-refractivity contribution < 1.29 is 29.6 Å². The lowest BCUT2D eigenvalue weighted by Crippen LogP contribution is -2.37. The number of benzene rings is 2. The van der Waals surface area contributed by atoms with Crippen molar-refractivity contribution in [2.45, 2.75) is 31.5 Å². The summed E-state index contributed by atoms with van der Waals surface area (Å²) in [5.41, 5.74) is 1.56. The molecule has 0 bridgehead atoms. The Labute approximate surface area is 203 Å². The van der Waals surface area contributed by atoms with E-state index in [-0.39, 0.29) is 12.2 Å². The van der Waals surface area contributed by atoms with Crippen LogP contribution in [0.25, 0.3) is 0 Å². The van der Waals surface area contributed by atoms with Crippen molar-refractivity contribution in [2.75, 3.05) is 19.6 Å². The minimum atomic E-state index is -1.26. The average Bonchev–Trinajstić information content (AvgIpc) is 2.82. The number of ether oxygens (including phenoxy) is 1. The Morgan fingerprint density at radius 1 is 1.12 bits per heavy atom. The van der Waals surface area contributed by atoms with Crippen molar-refractivity contribution in [3.8, 4) is 11.8 Å². The molecule has 1 atom stereocenters. The van der Waals surface area contributed by atoms with Gasteiger partial charge in [-0.05, 0) is 30.5 Å². The number of carbonyl (C=O) groups is 2. The third kappa shape index (κ3) is 9.63. The molecule has 0 amide bonds. The predicted octanol–water partition coefficient (Wildman–Crippen LogP) is 3.89. The Morgan fingerprint density at radius 2 is 1.74 bits per heavy atom. The van der Waals surface area contributed by atoms with Crippen molar-refractivity contribution in [3.05, 3.63) is 76.8 Å². The number of nitrogens with zero attached hydrogens (tertiary/aromatic N) is 2. The highest BCUT2D eigenvalue weighted by atomic mass is 35.5. The minimum absolute atomic E-state index is 0.159. The molecule has 8 nitrogen and oxygen atoms in total. The van der Waals surface area contributed by atoms with E-state index < -0.39 is 11.9 Å². The second-order valence-electron chi connectivity index (χ2n) is 7.64. The molecule has 0 unspecified atom stereocenters. The van der Waals surface area contributed by atoms with Gasteiger partial charge in [0.25, 0.3) is 0 Å². The lowest BCUT2D eigenvalue weighted by Gasteiger charge is -2.31. The van der Waals surface area contributed by atoms with E-state index in [1.807, 2.05) is 30.3 Å². The maximum atomic E-state index is 9.67. The molecule has 1 saturated heterocycles. The molecular weight excluding hydrogens is 460 g/mol. The van der Waals surface area contributed by atoms with E-state index in [0.29, 0.717) is 28.5 Å². The van der Waals surface area contributed by atoms with Crippen molar-refractivity contribution in [1.82, 2.24) is 4.90 Å². The van der Waals surface area contributed by atoms with Crippen LogP contribution in [0.15, 0.2) is 60.7 Å². The standard InChI is InChI=1S/C21H23ClN2O2.C4H4O4/c22-18-7-6-17(15-23)21(14-18)26-20(16-4-2-1-3-5-16)10-13-24-11-8-19(25)9-12-24;5-3(6)1-2-4(7)8/h1-7,14,19-20,25H,8-13H2;1-2H,(H,5,6)(H,7,8)/t20-;/m1./s1. The number of hydrogen-bond acceptors (Lipinski definition) is 6. The van der Waals surface area contributed by atoms with Gasteiger partial charge in [0, 0.05) is 49.3 Å². The van der Waals surface area contributed by atoms with E-state index in [4.69, 9.17) is 26.6 Å². The van der Waals surface area contributed by atoms with Gasteiger partial charge in [-0.3, -0.25) is 0 Å². The van der Waals surface area contributed by atoms with Crippen molar-refractivity contribution in [2.24, 2.45) is 0 Å². The number of halogens is 1. The van der Waals surface area contributed by atoms with Gasteiger partial charge < -0.3 is 25.0 Å². The first-order valence-corrected chi connectivity index (χ1v) is 11.1. The third-order valence-electron chi connectivity index (χ3n) is 5.14. The summed E-state index contributed by atoms with van der Waals surface area (Å²) in [6, 6.07) is 17.3. The molecule has 1 heterocycles. The second-order valence-corrected chi connectivity index (χ2v) is 8.08.